The van der Waals surface area contributed by atoms with Crippen molar-refractivity contribution in [2.75, 3.05) is 22.1 Å². The summed E-state index contributed by atoms with van der Waals surface area (Å²) in [6, 6.07) is 13.1. The third-order valence-corrected chi connectivity index (χ3v) is 6.89. The third-order valence-electron chi connectivity index (χ3n) is 6.89. The van der Waals surface area contributed by atoms with E-state index in [4.69, 9.17) is 0 Å². The van der Waals surface area contributed by atoms with Crippen LogP contribution in [0.5, 0.6) is 0 Å². The SMILES string of the molecule is O=C(Nc1ccc(-c2nnc3n2CCCCC3)cc1)c1ccc2c(c1)NC(=O)C1CCCN21. The van der Waals surface area contributed by atoms with Gasteiger partial charge in [0.15, 0.2) is 5.82 Å². The van der Waals surface area contributed by atoms with Crippen LogP contribution < -0.4 is 15.5 Å². The van der Waals surface area contributed by atoms with Crippen molar-refractivity contribution in [1.82, 2.24) is 14.8 Å². The fourth-order valence-corrected chi connectivity index (χ4v) is 5.18. The Kier molecular flexibility index (Phi) is 4.86. The van der Waals surface area contributed by atoms with Gasteiger partial charge < -0.3 is 20.1 Å². The largest absolute Gasteiger partial charge is 0.358 e. The Hall–Kier alpha value is -3.68. The number of nitrogens with one attached hydrogen (secondary N) is 2. The van der Waals surface area contributed by atoms with Crippen molar-refractivity contribution in [3.05, 3.63) is 53.9 Å². The molecule has 1 atom stereocenters. The van der Waals surface area contributed by atoms with Crippen LogP contribution in [-0.2, 0) is 17.8 Å². The summed E-state index contributed by atoms with van der Waals surface area (Å²) < 4.78 is 2.22. The van der Waals surface area contributed by atoms with E-state index in [0.717, 1.165) is 68.1 Å². The minimum atomic E-state index is -0.209. The van der Waals surface area contributed by atoms with Gasteiger partial charge in [-0.3, -0.25) is 9.59 Å². The second kappa shape index (κ2) is 8.03. The molecule has 6 rings (SSSR count). The van der Waals surface area contributed by atoms with Crippen molar-refractivity contribution >= 4 is 28.9 Å². The lowest BCUT2D eigenvalue weighted by Crippen LogP contribution is -2.43. The number of hydrogen-bond donors (Lipinski definition) is 2. The molecule has 0 radical (unpaired) electrons. The zero-order valence-electron chi connectivity index (χ0n) is 18.4. The van der Waals surface area contributed by atoms with Crippen LogP contribution in [0.3, 0.4) is 0 Å². The molecular weight excluding hydrogens is 416 g/mol. The summed E-state index contributed by atoms with van der Waals surface area (Å²) in [6.07, 6.45) is 6.38. The van der Waals surface area contributed by atoms with Gasteiger partial charge >= 0.3 is 0 Å². The predicted molar refractivity (Wildman–Crippen MR) is 126 cm³/mol. The fourth-order valence-electron chi connectivity index (χ4n) is 5.18. The molecule has 3 aliphatic rings. The molecule has 168 valence electrons. The number of aromatic nitrogens is 3. The van der Waals surface area contributed by atoms with Crippen LogP contribution in [0.15, 0.2) is 42.5 Å². The standard InChI is InChI=1S/C25H26N6O2/c32-24(17-9-12-20-19(15-17)27-25(33)21-5-4-14-30(20)21)26-18-10-7-16(8-11-18)23-29-28-22-6-2-1-3-13-31(22)23/h7-12,15,21H,1-6,13-14H2,(H,26,32)(H,27,33). The van der Waals surface area contributed by atoms with Gasteiger partial charge in [-0.15, -0.1) is 10.2 Å². The smallest absolute Gasteiger partial charge is 0.255 e. The number of fused-ring (bicyclic) bond motifs is 4. The van der Waals surface area contributed by atoms with Gasteiger partial charge in [-0.1, -0.05) is 6.42 Å². The highest BCUT2D eigenvalue weighted by atomic mass is 16.2. The van der Waals surface area contributed by atoms with Crippen molar-refractivity contribution in [3.8, 4) is 11.4 Å². The zero-order valence-corrected chi connectivity index (χ0v) is 18.4. The summed E-state index contributed by atoms with van der Waals surface area (Å²) in [5, 5.41) is 14.7. The van der Waals surface area contributed by atoms with Gasteiger partial charge in [0.1, 0.15) is 11.9 Å². The van der Waals surface area contributed by atoms with Crippen LogP contribution in [-0.4, -0.2) is 39.2 Å². The van der Waals surface area contributed by atoms with E-state index in [-0.39, 0.29) is 17.9 Å². The van der Waals surface area contributed by atoms with Gasteiger partial charge in [-0.05, 0) is 68.1 Å². The Morgan fingerprint density at radius 2 is 1.88 bits per heavy atom. The van der Waals surface area contributed by atoms with Crippen molar-refractivity contribution in [2.24, 2.45) is 0 Å². The van der Waals surface area contributed by atoms with E-state index < -0.39 is 0 Å². The number of nitrogens with zero attached hydrogens (tertiary/aromatic N) is 4. The lowest BCUT2D eigenvalue weighted by Gasteiger charge is -2.33. The number of carbonyl (C=O) groups is 2. The van der Waals surface area contributed by atoms with Crippen molar-refractivity contribution < 1.29 is 9.59 Å². The fraction of sp³-hybridized carbons (Fsp3) is 0.360. The second-order valence-corrected chi connectivity index (χ2v) is 9.01. The summed E-state index contributed by atoms with van der Waals surface area (Å²) >= 11 is 0. The topological polar surface area (TPSA) is 92.1 Å². The maximum Gasteiger partial charge on any atom is 0.255 e. The zero-order chi connectivity index (χ0) is 22.4. The maximum absolute atomic E-state index is 12.9. The van der Waals surface area contributed by atoms with Crippen molar-refractivity contribution in [3.63, 3.8) is 0 Å². The van der Waals surface area contributed by atoms with Crippen LogP contribution in [0.4, 0.5) is 17.1 Å². The lowest BCUT2D eigenvalue weighted by atomic mass is 10.1. The molecule has 1 aromatic heterocycles. The van der Waals surface area contributed by atoms with Crippen molar-refractivity contribution in [2.45, 2.75) is 51.1 Å². The van der Waals surface area contributed by atoms with E-state index >= 15 is 0 Å². The molecule has 1 fully saturated rings. The molecule has 1 unspecified atom stereocenters. The molecule has 2 N–H and O–H groups in total. The number of aryl methyl sites for hydroxylation is 1. The minimum absolute atomic E-state index is 0.0134. The van der Waals surface area contributed by atoms with Gasteiger partial charge in [-0.2, -0.15) is 0 Å². The summed E-state index contributed by atoms with van der Waals surface area (Å²) in [5.41, 5.74) is 3.91. The maximum atomic E-state index is 12.9. The molecule has 4 heterocycles. The molecule has 2 amide bonds. The first kappa shape index (κ1) is 20.0. The average molecular weight is 443 g/mol. The number of carbonyl (C=O) groups excluding carboxylic acids is 2. The first-order valence-corrected chi connectivity index (χ1v) is 11.7. The second-order valence-electron chi connectivity index (χ2n) is 9.01. The summed E-state index contributed by atoms with van der Waals surface area (Å²) in [4.78, 5) is 27.4. The summed E-state index contributed by atoms with van der Waals surface area (Å²) in [7, 11) is 0. The molecule has 33 heavy (non-hydrogen) atoms. The van der Waals surface area contributed by atoms with Crippen molar-refractivity contribution in [1.29, 1.82) is 0 Å². The van der Waals surface area contributed by atoms with Crippen LogP contribution in [0.2, 0.25) is 0 Å². The molecule has 2 aromatic carbocycles. The number of amides is 2. The van der Waals surface area contributed by atoms with Crippen LogP contribution in [0.1, 0.15) is 48.3 Å². The third kappa shape index (κ3) is 3.55. The van der Waals surface area contributed by atoms with Gasteiger partial charge in [0.05, 0.1) is 11.4 Å². The number of rotatable bonds is 3. The highest BCUT2D eigenvalue weighted by Crippen LogP contribution is 2.37. The van der Waals surface area contributed by atoms with Gasteiger partial charge in [-0.25, -0.2) is 0 Å². The Morgan fingerprint density at radius 1 is 1.00 bits per heavy atom. The molecule has 0 saturated carbocycles. The Labute approximate surface area is 192 Å². The molecule has 8 nitrogen and oxygen atoms in total. The molecule has 3 aliphatic heterocycles. The van der Waals surface area contributed by atoms with E-state index in [1.165, 1.54) is 6.42 Å². The molecule has 8 heteroatoms. The Balaban J connectivity index is 1.19. The molecule has 0 spiro atoms. The van der Waals surface area contributed by atoms with E-state index in [2.05, 4.69) is 30.3 Å². The molecular formula is C25H26N6O2. The highest BCUT2D eigenvalue weighted by Gasteiger charge is 2.36. The lowest BCUT2D eigenvalue weighted by molar-refractivity contribution is -0.117. The van der Waals surface area contributed by atoms with E-state index in [1.807, 2.05) is 36.4 Å². The van der Waals surface area contributed by atoms with Gasteiger partial charge in [0.25, 0.3) is 5.91 Å². The van der Waals surface area contributed by atoms with Gasteiger partial charge in [0.2, 0.25) is 5.91 Å². The number of benzene rings is 2. The molecule has 0 bridgehead atoms. The summed E-state index contributed by atoms with van der Waals surface area (Å²) in [6.45, 7) is 1.82. The number of hydrogen-bond acceptors (Lipinski definition) is 5. The molecule has 1 saturated heterocycles. The first-order chi connectivity index (χ1) is 16.2. The average Bonchev–Trinajstić information content (AvgIpc) is 3.42. The summed E-state index contributed by atoms with van der Waals surface area (Å²) in [5.74, 6) is 1.74. The van der Waals surface area contributed by atoms with Crippen LogP contribution in [0, 0.1) is 0 Å². The minimum Gasteiger partial charge on any atom is -0.358 e. The quantitative estimate of drug-likeness (QED) is 0.643. The van der Waals surface area contributed by atoms with E-state index in [0.29, 0.717) is 16.9 Å². The van der Waals surface area contributed by atoms with Crippen LogP contribution in [0.25, 0.3) is 11.4 Å². The highest BCUT2D eigenvalue weighted by molar-refractivity contribution is 6.09. The first-order valence-electron chi connectivity index (χ1n) is 11.7. The normalized spacial score (nSPS) is 19.2. The van der Waals surface area contributed by atoms with E-state index in [1.54, 1.807) is 6.07 Å². The van der Waals surface area contributed by atoms with Gasteiger partial charge in [0, 0.05) is 36.3 Å². The Morgan fingerprint density at radius 3 is 2.76 bits per heavy atom. The number of anilines is 3. The Bertz CT molecular complexity index is 1230. The molecule has 3 aromatic rings. The monoisotopic (exact) mass is 442 g/mol. The van der Waals surface area contributed by atoms with E-state index in [9.17, 15) is 9.59 Å². The van der Waals surface area contributed by atoms with Crippen LogP contribution >= 0.6 is 0 Å². The molecule has 0 aliphatic carbocycles. The predicted octanol–water partition coefficient (Wildman–Crippen LogP) is 3.84.